The Morgan fingerprint density at radius 3 is 2.42 bits per heavy atom. The monoisotopic (exact) mass is 278 g/mol. The molecule has 1 heterocycles. The standard InChI is InChI=1S/C15H19ClN2O/c1-10(11-2-4-13(16)5-3-11)18(14-6-7-14)15(19)12-8-17-9-12/h2-5,10,12,14,17H,6-9H2,1H3. The second-order valence-electron chi connectivity index (χ2n) is 5.56. The normalized spacial score (nSPS) is 20.7. The Bertz CT molecular complexity index is 466. The molecule has 102 valence electrons. The Morgan fingerprint density at radius 2 is 1.95 bits per heavy atom. The minimum atomic E-state index is 0.137. The minimum Gasteiger partial charge on any atom is -0.333 e. The topological polar surface area (TPSA) is 32.3 Å². The van der Waals surface area contributed by atoms with Crippen molar-refractivity contribution in [2.45, 2.75) is 31.8 Å². The Hall–Kier alpha value is -1.06. The van der Waals surface area contributed by atoms with Crippen LogP contribution in [-0.2, 0) is 4.79 Å². The van der Waals surface area contributed by atoms with Crippen LogP contribution in [0.1, 0.15) is 31.4 Å². The zero-order valence-electron chi connectivity index (χ0n) is 11.1. The van der Waals surface area contributed by atoms with Crippen molar-refractivity contribution < 1.29 is 4.79 Å². The summed E-state index contributed by atoms with van der Waals surface area (Å²) < 4.78 is 0. The van der Waals surface area contributed by atoms with Crippen LogP contribution in [-0.4, -0.2) is 29.9 Å². The van der Waals surface area contributed by atoms with Gasteiger partial charge in [-0.15, -0.1) is 0 Å². The van der Waals surface area contributed by atoms with Crippen LogP contribution in [0.2, 0.25) is 5.02 Å². The third kappa shape index (κ3) is 2.63. The molecular formula is C15H19ClN2O. The van der Waals surface area contributed by atoms with Gasteiger partial charge in [0.1, 0.15) is 0 Å². The van der Waals surface area contributed by atoms with Crippen LogP contribution in [0.5, 0.6) is 0 Å². The van der Waals surface area contributed by atoms with Gasteiger partial charge in [-0.2, -0.15) is 0 Å². The molecule has 1 aliphatic heterocycles. The molecule has 1 unspecified atom stereocenters. The lowest BCUT2D eigenvalue weighted by Crippen LogP contribution is -2.53. The molecule has 0 spiro atoms. The Morgan fingerprint density at radius 1 is 1.32 bits per heavy atom. The van der Waals surface area contributed by atoms with Gasteiger partial charge in [-0.1, -0.05) is 23.7 Å². The van der Waals surface area contributed by atoms with E-state index in [9.17, 15) is 4.79 Å². The maximum absolute atomic E-state index is 12.5. The third-order valence-corrected chi connectivity index (χ3v) is 4.35. The first kappa shape index (κ1) is 12.9. The summed E-state index contributed by atoms with van der Waals surface area (Å²) in [4.78, 5) is 14.6. The number of hydrogen-bond donors (Lipinski definition) is 1. The number of carbonyl (C=O) groups excluding carboxylic acids is 1. The van der Waals surface area contributed by atoms with Crippen LogP contribution in [0, 0.1) is 5.92 Å². The number of nitrogens with zero attached hydrogens (tertiary/aromatic N) is 1. The second kappa shape index (κ2) is 5.14. The molecule has 1 atom stereocenters. The van der Waals surface area contributed by atoms with E-state index in [0.717, 1.165) is 36.5 Å². The molecular weight excluding hydrogens is 260 g/mol. The summed E-state index contributed by atoms with van der Waals surface area (Å²) in [6.45, 7) is 3.77. The maximum Gasteiger partial charge on any atom is 0.229 e. The summed E-state index contributed by atoms with van der Waals surface area (Å²) in [6, 6.07) is 8.42. The minimum absolute atomic E-state index is 0.137. The van der Waals surface area contributed by atoms with Gasteiger partial charge in [-0.25, -0.2) is 0 Å². The van der Waals surface area contributed by atoms with Gasteiger partial charge in [0.25, 0.3) is 0 Å². The largest absolute Gasteiger partial charge is 0.333 e. The molecule has 4 heteroatoms. The summed E-state index contributed by atoms with van der Waals surface area (Å²) in [5, 5.41) is 3.92. The fraction of sp³-hybridized carbons (Fsp3) is 0.533. The highest BCUT2D eigenvalue weighted by Gasteiger charge is 2.40. The van der Waals surface area contributed by atoms with Crippen molar-refractivity contribution in [3.05, 3.63) is 34.9 Å². The van der Waals surface area contributed by atoms with E-state index < -0.39 is 0 Å². The summed E-state index contributed by atoms with van der Waals surface area (Å²) in [5.74, 6) is 0.485. The molecule has 1 saturated carbocycles. The zero-order valence-corrected chi connectivity index (χ0v) is 11.9. The lowest BCUT2D eigenvalue weighted by molar-refractivity contribution is -0.140. The van der Waals surface area contributed by atoms with Crippen molar-refractivity contribution >= 4 is 17.5 Å². The van der Waals surface area contributed by atoms with Gasteiger partial charge in [0.05, 0.1) is 12.0 Å². The predicted octanol–water partition coefficient (Wildman–Crippen LogP) is 2.61. The first-order valence-corrected chi connectivity index (χ1v) is 7.33. The fourth-order valence-corrected chi connectivity index (χ4v) is 2.74. The summed E-state index contributed by atoms with van der Waals surface area (Å²) in [6.07, 6.45) is 2.29. The van der Waals surface area contributed by atoms with E-state index in [1.54, 1.807) is 0 Å². The van der Waals surface area contributed by atoms with E-state index in [-0.39, 0.29) is 12.0 Å². The molecule has 3 rings (SSSR count). The van der Waals surface area contributed by atoms with Crippen molar-refractivity contribution in [3.63, 3.8) is 0 Å². The van der Waals surface area contributed by atoms with Crippen LogP contribution in [0.4, 0.5) is 0 Å². The van der Waals surface area contributed by atoms with E-state index in [4.69, 9.17) is 11.6 Å². The summed E-state index contributed by atoms with van der Waals surface area (Å²) in [7, 11) is 0. The lowest BCUT2D eigenvalue weighted by Gasteiger charge is -2.36. The lowest BCUT2D eigenvalue weighted by atomic mass is 9.99. The first-order chi connectivity index (χ1) is 9.16. The average molecular weight is 279 g/mol. The summed E-state index contributed by atoms with van der Waals surface area (Å²) >= 11 is 5.93. The molecule has 0 radical (unpaired) electrons. The van der Waals surface area contributed by atoms with Gasteiger partial charge in [0, 0.05) is 24.2 Å². The molecule has 2 fully saturated rings. The van der Waals surface area contributed by atoms with Gasteiger partial charge in [-0.3, -0.25) is 4.79 Å². The zero-order chi connectivity index (χ0) is 13.4. The van der Waals surface area contributed by atoms with Crippen LogP contribution in [0.15, 0.2) is 24.3 Å². The number of halogens is 1. The number of nitrogens with one attached hydrogen (secondary N) is 1. The summed E-state index contributed by atoms with van der Waals surface area (Å²) in [5.41, 5.74) is 1.16. The van der Waals surface area contributed by atoms with Crippen molar-refractivity contribution in [1.82, 2.24) is 10.2 Å². The molecule has 1 saturated heterocycles. The van der Waals surface area contributed by atoms with E-state index in [2.05, 4.69) is 17.1 Å². The van der Waals surface area contributed by atoms with Crippen LogP contribution in [0.25, 0.3) is 0 Å². The second-order valence-corrected chi connectivity index (χ2v) is 6.00. The number of benzene rings is 1. The van der Waals surface area contributed by atoms with Crippen molar-refractivity contribution in [2.75, 3.05) is 13.1 Å². The first-order valence-electron chi connectivity index (χ1n) is 6.95. The number of carbonyl (C=O) groups is 1. The smallest absolute Gasteiger partial charge is 0.229 e. The van der Waals surface area contributed by atoms with Gasteiger partial charge >= 0.3 is 0 Å². The third-order valence-electron chi connectivity index (χ3n) is 4.10. The molecule has 1 N–H and O–H groups in total. The highest BCUT2D eigenvalue weighted by molar-refractivity contribution is 6.30. The van der Waals surface area contributed by atoms with Crippen LogP contribution >= 0.6 is 11.6 Å². The molecule has 1 amide bonds. The number of hydrogen-bond acceptors (Lipinski definition) is 2. The SMILES string of the molecule is CC(c1ccc(Cl)cc1)N(C(=O)C1CNC1)C1CC1. The van der Waals surface area contributed by atoms with Gasteiger partial charge in [0.2, 0.25) is 5.91 Å². The number of amides is 1. The Kier molecular flexibility index (Phi) is 3.50. The van der Waals surface area contributed by atoms with Gasteiger partial charge < -0.3 is 10.2 Å². The van der Waals surface area contributed by atoms with Gasteiger partial charge in [0.15, 0.2) is 0 Å². The van der Waals surface area contributed by atoms with E-state index >= 15 is 0 Å². The molecule has 0 bridgehead atoms. The van der Waals surface area contributed by atoms with Crippen LogP contribution < -0.4 is 5.32 Å². The van der Waals surface area contributed by atoms with E-state index in [0.29, 0.717) is 11.9 Å². The molecule has 0 aromatic heterocycles. The molecule has 2 aliphatic rings. The molecule has 3 nitrogen and oxygen atoms in total. The predicted molar refractivity (Wildman–Crippen MR) is 76.1 cm³/mol. The molecule has 19 heavy (non-hydrogen) atoms. The van der Waals surface area contributed by atoms with E-state index in [1.807, 2.05) is 24.3 Å². The van der Waals surface area contributed by atoms with Crippen molar-refractivity contribution in [2.24, 2.45) is 5.92 Å². The van der Waals surface area contributed by atoms with E-state index in [1.165, 1.54) is 0 Å². The number of rotatable bonds is 4. The van der Waals surface area contributed by atoms with Crippen molar-refractivity contribution in [1.29, 1.82) is 0 Å². The van der Waals surface area contributed by atoms with Crippen molar-refractivity contribution in [3.8, 4) is 0 Å². The highest BCUT2D eigenvalue weighted by Crippen LogP contribution is 2.36. The van der Waals surface area contributed by atoms with Crippen LogP contribution in [0.3, 0.4) is 0 Å². The Balaban J connectivity index is 1.79. The molecule has 1 aliphatic carbocycles. The molecule has 1 aromatic rings. The highest BCUT2D eigenvalue weighted by atomic mass is 35.5. The fourth-order valence-electron chi connectivity index (χ4n) is 2.62. The van der Waals surface area contributed by atoms with Gasteiger partial charge in [-0.05, 0) is 37.5 Å². The Labute approximate surface area is 118 Å². The molecule has 1 aromatic carbocycles. The maximum atomic E-state index is 12.5. The quantitative estimate of drug-likeness (QED) is 0.918. The average Bonchev–Trinajstić information content (AvgIpc) is 3.12.